The molecule has 4 N–H and O–H groups in total. The molecule has 0 amide bonds. The second kappa shape index (κ2) is 76.6. The molecule has 101 heavy (non-hydrogen) atoms. The predicted octanol–water partition coefficient (Wildman–Crippen LogP) is 24.2. The number of carbonyl (C=O) groups excluding carboxylic acids is 3. The van der Waals surface area contributed by atoms with Crippen LogP contribution in [0.2, 0.25) is 0 Å². The van der Waals surface area contributed by atoms with E-state index < -0.39 is 91.5 Å². The summed E-state index contributed by atoms with van der Waals surface area (Å²) >= 11 is 0. The Hall–Kier alpha value is -3.01. The first-order chi connectivity index (χ1) is 49.2. The highest BCUT2D eigenvalue weighted by Crippen LogP contribution is 2.45. The number of rotatable bonds is 79. The summed E-state index contributed by atoms with van der Waals surface area (Å²) < 4.78 is 61.1. The zero-order valence-electron chi connectivity index (χ0n) is 64.6. The van der Waals surface area contributed by atoms with Gasteiger partial charge in [-0.15, -0.1) is 0 Å². The van der Waals surface area contributed by atoms with Gasteiger partial charge < -0.3 is 34.2 Å². The molecule has 0 aliphatic rings. The Morgan fingerprint density at radius 3 is 0.802 bits per heavy atom. The maximum atomic E-state index is 12.9. The number of aliphatic hydroxyl groups is 2. The zero-order valence-corrected chi connectivity index (χ0v) is 66.4. The third kappa shape index (κ3) is 77.9. The number of esters is 3. The molecule has 0 saturated heterocycles. The average molecular weight is 1470 g/mol. The molecule has 0 fully saturated rings. The van der Waals surface area contributed by atoms with Crippen molar-refractivity contribution in [1.29, 1.82) is 0 Å². The van der Waals surface area contributed by atoms with Gasteiger partial charge in [0.1, 0.15) is 25.4 Å². The van der Waals surface area contributed by atoms with Crippen molar-refractivity contribution >= 4 is 33.6 Å². The van der Waals surface area contributed by atoms with E-state index in [9.17, 15) is 43.5 Å². The van der Waals surface area contributed by atoms with E-state index in [0.717, 1.165) is 109 Å². The lowest BCUT2D eigenvalue weighted by Crippen LogP contribution is -2.30. The third-order valence-electron chi connectivity index (χ3n) is 17.9. The molecule has 0 bridgehead atoms. The molecule has 0 aromatic heterocycles. The number of ether oxygens (including phenoxy) is 3. The van der Waals surface area contributed by atoms with E-state index in [0.29, 0.717) is 19.3 Å². The molecule has 590 valence electrons. The molecule has 18 heteroatoms. The predicted molar refractivity (Wildman–Crippen MR) is 418 cm³/mol. The number of phosphoric ester groups is 2. The van der Waals surface area contributed by atoms with Crippen molar-refractivity contribution in [2.45, 2.75) is 399 Å². The number of phosphoric acid groups is 2. The third-order valence-corrected chi connectivity index (χ3v) is 19.8. The van der Waals surface area contributed by atoms with Gasteiger partial charge in [0.25, 0.3) is 0 Å². The van der Waals surface area contributed by atoms with E-state index in [1.165, 1.54) is 212 Å². The van der Waals surface area contributed by atoms with Gasteiger partial charge in [-0.1, -0.05) is 338 Å². The van der Waals surface area contributed by atoms with Gasteiger partial charge in [-0.3, -0.25) is 32.5 Å². The number of carbonyl (C=O) groups is 3. The van der Waals surface area contributed by atoms with E-state index in [4.69, 9.17) is 32.3 Å². The van der Waals surface area contributed by atoms with Gasteiger partial charge in [0.15, 0.2) is 6.10 Å². The molecule has 0 rings (SSSR count). The van der Waals surface area contributed by atoms with E-state index in [-0.39, 0.29) is 19.3 Å². The van der Waals surface area contributed by atoms with Crippen LogP contribution in [0.25, 0.3) is 0 Å². The van der Waals surface area contributed by atoms with Crippen LogP contribution in [0, 0.1) is 0 Å². The fraction of sp³-hybridized carbons (Fsp3) is 0.819. The van der Waals surface area contributed by atoms with Gasteiger partial charge >= 0.3 is 33.6 Å². The molecule has 0 aliphatic heterocycles. The maximum Gasteiger partial charge on any atom is 0.472 e. The average Bonchev–Trinajstić information content (AvgIpc) is 1.74. The van der Waals surface area contributed by atoms with Crippen LogP contribution in [0.4, 0.5) is 0 Å². The minimum atomic E-state index is -4.92. The number of hydrogen-bond acceptors (Lipinski definition) is 14. The SMILES string of the molecule is CCCCC/C=C\C/C=C\C/C=C\C/C=C\CCCCCCCCCCCCCCCCCCCCCC(=O)OCC(O)COP(=O)(O)OCC(O)COP(=O)(O)OCC(COC(=O)CCCCCCC/C=C\C/C=C\CCCCC)OC(=O)CCCCCCCCCCCCCCCCC. The van der Waals surface area contributed by atoms with Crippen LogP contribution in [0.15, 0.2) is 72.9 Å². The van der Waals surface area contributed by atoms with Gasteiger partial charge in [-0.25, -0.2) is 9.13 Å². The van der Waals surface area contributed by atoms with Crippen LogP contribution in [0.1, 0.15) is 380 Å². The summed E-state index contributed by atoms with van der Waals surface area (Å²) in [6.07, 6.45) is 85.4. The number of hydrogen-bond donors (Lipinski definition) is 4. The van der Waals surface area contributed by atoms with Crippen molar-refractivity contribution in [2.24, 2.45) is 0 Å². The van der Waals surface area contributed by atoms with Gasteiger partial charge in [0.2, 0.25) is 0 Å². The minimum absolute atomic E-state index is 0.108. The largest absolute Gasteiger partial charge is 0.472 e. The summed E-state index contributed by atoms with van der Waals surface area (Å²) in [6, 6.07) is 0. The van der Waals surface area contributed by atoms with Crippen LogP contribution in [-0.2, 0) is 55.8 Å². The lowest BCUT2D eigenvalue weighted by atomic mass is 10.0. The fourth-order valence-electron chi connectivity index (χ4n) is 11.6. The molecule has 0 spiro atoms. The Balaban J connectivity index is 4.33. The van der Waals surface area contributed by atoms with Crippen molar-refractivity contribution in [3.05, 3.63) is 72.9 Å². The van der Waals surface area contributed by atoms with E-state index in [1.54, 1.807) is 0 Å². The topological polar surface area (TPSA) is 231 Å². The Morgan fingerprint density at radius 2 is 0.495 bits per heavy atom. The van der Waals surface area contributed by atoms with Crippen molar-refractivity contribution in [2.75, 3.05) is 39.6 Å². The first kappa shape index (κ1) is 98.0. The Bertz CT molecular complexity index is 2130. The quantitative estimate of drug-likeness (QED) is 0.0146. The highest BCUT2D eigenvalue weighted by Gasteiger charge is 2.29. The van der Waals surface area contributed by atoms with E-state index in [2.05, 4.69) is 93.7 Å². The van der Waals surface area contributed by atoms with Crippen molar-refractivity contribution in [3.8, 4) is 0 Å². The monoisotopic (exact) mass is 1470 g/mol. The first-order valence-corrected chi connectivity index (χ1v) is 44.2. The van der Waals surface area contributed by atoms with E-state index >= 15 is 0 Å². The molecular weight excluding hydrogens is 1310 g/mol. The van der Waals surface area contributed by atoms with Crippen molar-refractivity contribution in [1.82, 2.24) is 0 Å². The number of unbranched alkanes of at least 4 members (excludes halogenated alkanes) is 44. The minimum Gasteiger partial charge on any atom is -0.463 e. The summed E-state index contributed by atoms with van der Waals surface area (Å²) in [5.41, 5.74) is 0. The zero-order chi connectivity index (χ0) is 73.7. The standard InChI is InChI=1S/C83H152O16P2/c1-4-7-10-13-16-19-22-25-28-29-30-31-32-33-34-35-36-37-38-39-40-41-42-43-44-45-46-47-50-52-54-57-60-63-66-69-81(86)93-72-78(84)73-95-100(89,90)96-74-79(85)75-97-101(91,92)98-77-80(99-83(88)71-68-65-62-59-56-53-49-27-24-21-18-15-12-9-6-3)76-94-82(87)70-67-64-61-58-55-51-48-26-23-20-17-14-11-8-5-2/h16-17,19-20,25-26,28,30-31,33-34,48,78-80,84-85H,4-15,18,21-24,27,29,32,35-47,49-77H2,1-3H3,(H,89,90)(H,91,92)/b19-16-,20-17-,28-25-,31-30-,34-33-,48-26-. The smallest absolute Gasteiger partial charge is 0.463 e. The molecular formula is C83H152O16P2. The van der Waals surface area contributed by atoms with Gasteiger partial charge in [0.05, 0.1) is 26.4 Å². The summed E-state index contributed by atoms with van der Waals surface area (Å²) in [4.78, 5) is 58.6. The highest BCUT2D eigenvalue weighted by molar-refractivity contribution is 7.47. The second-order valence-electron chi connectivity index (χ2n) is 27.9. The summed E-state index contributed by atoms with van der Waals surface area (Å²) in [6.45, 7) is 2.67. The van der Waals surface area contributed by atoms with Crippen LogP contribution in [-0.4, -0.2) is 95.9 Å². The Labute approximate surface area is 617 Å². The molecule has 0 aromatic carbocycles. The van der Waals surface area contributed by atoms with Crippen molar-refractivity contribution < 1.29 is 75.8 Å². The molecule has 0 aromatic rings. The maximum absolute atomic E-state index is 12.9. The highest BCUT2D eigenvalue weighted by atomic mass is 31.2. The number of aliphatic hydroxyl groups excluding tert-OH is 2. The Kier molecular flexibility index (Phi) is 74.3. The van der Waals surface area contributed by atoms with Crippen LogP contribution in [0.3, 0.4) is 0 Å². The molecule has 0 saturated carbocycles. The van der Waals surface area contributed by atoms with E-state index in [1.807, 2.05) is 0 Å². The first-order valence-electron chi connectivity index (χ1n) is 41.2. The van der Waals surface area contributed by atoms with Crippen LogP contribution in [0.5, 0.6) is 0 Å². The lowest BCUT2D eigenvalue weighted by Gasteiger charge is -2.21. The lowest BCUT2D eigenvalue weighted by molar-refractivity contribution is -0.161. The summed E-state index contributed by atoms with van der Waals surface area (Å²) in [7, 11) is -9.77. The van der Waals surface area contributed by atoms with Gasteiger partial charge in [-0.05, 0) is 96.3 Å². The molecule has 5 atom stereocenters. The summed E-state index contributed by atoms with van der Waals surface area (Å²) in [5, 5.41) is 20.6. The van der Waals surface area contributed by atoms with Gasteiger partial charge in [0, 0.05) is 19.3 Å². The normalized spacial score (nSPS) is 14.3. The molecule has 0 radical (unpaired) electrons. The fourth-order valence-corrected chi connectivity index (χ4v) is 13.2. The van der Waals surface area contributed by atoms with Crippen LogP contribution >= 0.6 is 15.6 Å². The Morgan fingerprint density at radius 1 is 0.277 bits per heavy atom. The summed E-state index contributed by atoms with van der Waals surface area (Å²) in [5.74, 6) is -1.57. The van der Waals surface area contributed by atoms with Gasteiger partial charge in [-0.2, -0.15) is 0 Å². The second-order valence-corrected chi connectivity index (χ2v) is 30.8. The molecule has 5 unspecified atom stereocenters. The van der Waals surface area contributed by atoms with Crippen molar-refractivity contribution in [3.63, 3.8) is 0 Å². The molecule has 0 aliphatic carbocycles. The van der Waals surface area contributed by atoms with Crippen LogP contribution < -0.4 is 0 Å². The molecule has 0 heterocycles. The molecule has 16 nitrogen and oxygen atoms in total. The number of allylic oxidation sites excluding steroid dienone is 12.